The van der Waals surface area contributed by atoms with Gasteiger partial charge in [-0.15, -0.1) is 0 Å². The van der Waals surface area contributed by atoms with Gasteiger partial charge in [-0.3, -0.25) is 4.79 Å². The molecule has 0 bridgehead atoms. The van der Waals surface area contributed by atoms with Gasteiger partial charge in [-0.2, -0.15) is 0 Å². The van der Waals surface area contributed by atoms with E-state index in [1.54, 1.807) is 18.1 Å². The summed E-state index contributed by atoms with van der Waals surface area (Å²) in [5.41, 5.74) is 1.41. The van der Waals surface area contributed by atoms with Crippen LogP contribution in [-0.2, 0) is 0 Å². The van der Waals surface area contributed by atoms with Gasteiger partial charge in [-0.25, -0.2) is 4.98 Å². The molecule has 0 aliphatic carbocycles. The number of nitrogens with zero attached hydrogens (tertiary/aromatic N) is 2. The van der Waals surface area contributed by atoms with Gasteiger partial charge in [-0.05, 0) is 0 Å². The fourth-order valence-corrected chi connectivity index (χ4v) is 1.70. The summed E-state index contributed by atoms with van der Waals surface area (Å²) in [4.78, 5) is 22.6. The molecule has 1 atom stereocenters. The summed E-state index contributed by atoms with van der Waals surface area (Å²) in [6.07, 6.45) is 2.15. The normalized spacial score (nSPS) is 12.9. The standard InChI is InChI=1S/C10H14N4O3/c1-14(3-6(16)4-15)7-2-11-9-8(7)12-5-13-10(9)17/h2,5-6,11,15-16H,3-4H2,1H3,(H,12,13,17)/t6-/m0/s1. The number of rotatable bonds is 4. The lowest BCUT2D eigenvalue weighted by Gasteiger charge is -2.20. The molecule has 2 aromatic heterocycles. The molecule has 0 aromatic carbocycles. The van der Waals surface area contributed by atoms with Crippen molar-refractivity contribution in [1.82, 2.24) is 15.0 Å². The quantitative estimate of drug-likeness (QED) is 0.549. The van der Waals surface area contributed by atoms with E-state index in [-0.39, 0.29) is 18.7 Å². The lowest BCUT2D eigenvalue weighted by molar-refractivity contribution is 0.101. The van der Waals surface area contributed by atoms with Gasteiger partial charge in [0.1, 0.15) is 11.0 Å². The van der Waals surface area contributed by atoms with Crippen LogP contribution in [0.2, 0.25) is 0 Å². The molecule has 0 radical (unpaired) electrons. The van der Waals surface area contributed by atoms with Crippen molar-refractivity contribution in [2.24, 2.45) is 0 Å². The molecule has 4 N–H and O–H groups in total. The smallest absolute Gasteiger partial charge is 0.275 e. The molecule has 2 heterocycles. The minimum Gasteiger partial charge on any atom is -0.394 e. The number of likely N-dealkylation sites (N-methyl/N-ethyl adjacent to an activating group) is 1. The Morgan fingerprint density at radius 1 is 1.53 bits per heavy atom. The van der Waals surface area contributed by atoms with Crippen LogP contribution in [0.15, 0.2) is 17.3 Å². The number of aliphatic hydroxyl groups is 2. The first kappa shape index (κ1) is 11.6. The van der Waals surface area contributed by atoms with Gasteiger partial charge in [-0.1, -0.05) is 0 Å². The Bertz CT molecular complexity index is 562. The molecule has 2 aromatic rings. The highest BCUT2D eigenvalue weighted by molar-refractivity contribution is 5.88. The summed E-state index contributed by atoms with van der Waals surface area (Å²) >= 11 is 0. The van der Waals surface area contributed by atoms with Crippen LogP contribution >= 0.6 is 0 Å². The van der Waals surface area contributed by atoms with Crippen LogP contribution in [0.1, 0.15) is 0 Å². The zero-order valence-electron chi connectivity index (χ0n) is 9.34. The van der Waals surface area contributed by atoms with Crippen molar-refractivity contribution < 1.29 is 10.2 Å². The molecule has 92 valence electrons. The third-order valence-corrected chi connectivity index (χ3v) is 2.56. The summed E-state index contributed by atoms with van der Waals surface area (Å²) in [5.74, 6) is 0. The van der Waals surface area contributed by atoms with Crippen molar-refractivity contribution in [3.8, 4) is 0 Å². The molecule has 0 aliphatic rings. The second kappa shape index (κ2) is 4.56. The zero-order valence-corrected chi connectivity index (χ0v) is 9.34. The van der Waals surface area contributed by atoms with Gasteiger partial charge >= 0.3 is 0 Å². The van der Waals surface area contributed by atoms with Crippen LogP contribution in [0.4, 0.5) is 5.69 Å². The summed E-state index contributed by atoms with van der Waals surface area (Å²) in [5, 5.41) is 18.1. The number of aliphatic hydroxyl groups excluding tert-OH is 2. The minimum atomic E-state index is -0.827. The molecule has 0 saturated heterocycles. The van der Waals surface area contributed by atoms with E-state index in [9.17, 15) is 9.90 Å². The first-order valence-corrected chi connectivity index (χ1v) is 5.18. The van der Waals surface area contributed by atoms with Crippen LogP contribution in [-0.4, -0.2) is 51.5 Å². The average Bonchev–Trinajstić information content (AvgIpc) is 2.74. The summed E-state index contributed by atoms with van der Waals surface area (Å²) in [6, 6.07) is 0. The molecular formula is C10H14N4O3. The van der Waals surface area contributed by atoms with Crippen molar-refractivity contribution in [1.29, 1.82) is 0 Å². The number of aromatic nitrogens is 3. The van der Waals surface area contributed by atoms with E-state index in [1.165, 1.54) is 6.33 Å². The lowest BCUT2D eigenvalue weighted by atomic mass is 10.3. The maximum atomic E-state index is 11.5. The van der Waals surface area contributed by atoms with Crippen LogP contribution in [0.25, 0.3) is 11.0 Å². The van der Waals surface area contributed by atoms with Gasteiger partial charge in [0.25, 0.3) is 5.56 Å². The fraction of sp³-hybridized carbons (Fsp3) is 0.400. The third-order valence-electron chi connectivity index (χ3n) is 2.56. The predicted molar refractivity (Wildman–Crippen MR) is 63.1 cm³/mol. The first-order chi connectivity index (χ1) is 8.13. The molecule has 7 nitrogen and oxygen atoms in total. The third kappa shape index (κ3) is 2.15. The molecular weight excluding hydrogens is 224 g/mol. The van der Waals surface area contributed by atoms with Gasteiger partial charge in [0.2, 0.25) is 0 Å². The average molecular weight is 238 g/mol. The Labute approximate surface area is 96.7 Å². The SMILES string of the molecule is CN(C[C@H](O)CO)c1c[nH]c2c(=O)[nH]cnc12. The molecule has 7 heteroatoms. The molecule has 0 fully saturated rings. The van der Waals surface area contributed by atoms with Crippen LogP contribution in [0.3, 0.4) is 0 Å². The number of hydrogen-bond donors (Lipinski definition) is 4. The summed E-state index contributed by atoms with van der Waals surface area (Å²) in [6.45, 7) is -0.0430. The molecule has 0 amide bonds. The Hall–Kier alpha value is -1.86. The molecule has 0 unspecified atom stereocenters. The monoisotopic (exact) mass is 238 g/mol. The van der Waals surface area contributed by atoms with E-state index in [0.29, 0.717) is 16.7 Å². The Morgan fingerprint density at radius 2 is 2.29 bits per heavy atom. The van der Waals surface area contributed by atoms with E-state index >= 15 is 0 Å². The summed E-state index contributed by atoms with van der Waals surface area (Å²) in [7, 11) is 1.75. The number of aromatic amines is 2. The predicted octanol–water partition coefficient (Wildman–Crippen LogP) is -0.959. The number of fused-ring (bicyclic) bond motifs is 1. The van der Waals surface area contributed by atoms with Gasteiger partial charge in [0.15, 0.2) is 0 Å². The molecule has 2 rings (SSSR count). The second-order valence-electron chi connectivity index (χ2n) is 3.85. The second-order valence-corrected chi connectivity index (χ2v) is 3.85. The minimum absolute atomic E-state index is 0.239. The van der Waals surface area contributed by atoms with Crippen LogP contribution in [0, 0.1) is 0 Å². The Kier molecular flexibility index (Phi) is 3.12. The van der Waals surface area contributed by atoms with E-state index in [2.05, 4.69) is 15.0 Å². The molecule has 17 heavy (non-hydrogen) atoms. The van der Waals surface area contributed by atoms with Crippen molar-refractivity contribution in [3.05, 3.63) is 22.9 Å². The highest BCUT2D eigenvalue weighted by Gasteiger charge is 2.14. The molecule has 0 spiro atoms. The highest BCUT2D eigenvalue weighted by Crippen LogP contribution is 2.21. The maximum absolute atomic E-state index is 11.5. The van der Waals surface area contributed by atoms with Crippen LogP contribution in [0.5, 0.6) is 0 Å². The lowest BCUT2D eigenvalue weighted by Crippen LogP contribution is -2.31. The zero-order chi connectivity index (χ0) is 12.4. The van der Waals surface area contributed by atoms with Gasteiger partial charge in [0.05, 0.1) is 24.7 Å². The maximum Gasteiger partial charge on any atom is 0.275 e. The topological polar surface area (TPSA) is 105 Å². The van der Waals surface area contributed by atoms with Crippen molar-refractivity contribution in [3.63, 3.8) is 0 Å². The fourth-order valence-electron chi connectivity index (χ4n) is 1.70. The number of nitrogens with one attached hydrogen (secondary N) is 2. The van der Waals surface area contributed by atoms with Crippen molar-refractivity contribution in [2.45, 2.75) is 6.10 Å². The van der Waals surface area contributed by atoms with Gasteiger partial charge in [0, 0.05) is 19.8 Å². The van der Waals surface area contributed by atoms with Crippen LogP contribution < -0.4 is 10.5 Å². The number of hydrogen-bond acceptors (Lipinski definition) is 5. The van der Waals surface area contributed by atoms with E-state index < -0.39 is 6.10 Å². The summed E-state index contributed by atoms with van der Waals surface area (Å²) < 4.78 is 0. The van der Waals surface area contributed by atoms with E-state index in [0.717, 1.165) is 0 Å². The van der Waals surface area contributed by atoms with Gasteiger partial charge < -0.3 is 25.1 Å². The Morgan fingerprint density at radius 3 is 3.00 bits per heavy atom. The highest BCUT2D eigenvalue weighted by atomic mass is 16.3. The van der Waals surface area contributed by atoms with E-state index in [4.69, 9.17) is 5.11 Å². The van der Waals surface area contributed by atoms with Crippen molar-refractivity contribution >= 4 is 16.7 Å². The van der Waals surface area contributed by atoms with E-state index in [1.807, 2.05) is 0 Å². The number of H-pyrrole nitrogens is 2. The largest absolute Gasteiger partial charge is 0.394 e. The first-order valence-electron chi connectivity index (χ1n) is 5.18. The number of anilines is 1. The Balaban J connectivity index is 2.36. The molecule has 0 saturated carbocycles. The van der Waals surface area contributed by atoms with Crippen molar-refractivity contribution in [2.75, 3.05) is 25.1 Å². The molecule has 0 aliphatic heterocycles.